The van der Waals surface area contributed by atoms with Gasteiger partial charge < -0.3 is 14.8 Å². The van der Waals surface area contributed by atoms with Crippen molar-refractivity contribution in [2.45, 2.75) is 51.9 Å². The highest BCUT2D eigenvalue weighted by atomic mass is 19.1. The summed E-state index contributed by atoms with van der Waals surface area (Å²) >= 11 is 0. The van der Waals surface area contributed by atoms with Crippen molar-refractivity contribution in [3.05, 3.63) is 59.4 Å². The zero-order chi connectivity index (χ0) is 18.9. The Balaban J connectivity index is 1.74. The Labute approximate surface area is 153 Å². The van der Waals surface area contributed by atoms with Crippen LogP contribution in [-0.4, -0.2) is 17.6 Å². The van der Waals surface area contributed by atoms with Crippen LogP contribution in [0.2, 0.25) is 0 Å². The summed E-state index contributed by atoms with van der Waals surface area (Å²) in [6, 6.07) is 11.5. The lowest BCUT2D eigenvalue weighted by Crippen LogP contribution is -2.44. The van der Waals surface area contributed by atoms with E-state index in [-0.39, 0.29) is 23.4 Å². The Hall–Kier alpha value is -2.56. The molecule has 2 unspecified atom stereocenters. The van der Waals surface area contributed by atoms with Gasteiger partial charge >= 0.3 is 0 Å². The molecule has 26 heavy (non-hydrogen) atoms. The predicted molar refractivity (Wildman–Crippen MR) is 97.9 cm³/mol. The number of carbonyl (C=O) groups is 1. The molecule has 1 aliphatic rings. The van der Waals surface area contributed by atoms with Crippen LogP contribution in [0.1, 0.15) is 44.4 Å². The van der Waals surface area contributed by atoms with Crippen LogP contribution in [0.3, 0.4) is 0 Å². The lowest BCUT2D eigenvalue weighted by atomic mass is 9.89. The topological polar surface area (TPSA) is 47.6 Å². The van der Waals surface area contributed by atoms with E-state index in [0.717, 1.165) is 16.9 Å². The SMILES string of the molecule is Cc1ccc2c(c1)C(NC(=O)C(C)Oc1ccc(F)cc1)CC(C)(C)O2. The van der Waals surface area contributed by atoms with Gasteiger partial charge in [-0.1, -0.05) is 17.7 Å². The number of ether oxygens (including phenoxy) is 2. The molecule has 2 aromatic carbocycles. The summed E-state index contributed by atoms with van der Waals surface area (Å²) in [6.45, 7) is 7.71. The second-order valence-corrected chi connectivity index (χ2v) is 7.38. The lowest BCUT2D eigenvalue weighted by molar-refractivity contribution is -0.128. The first kappa shape index (κ1) is 18.2. The molecule has 0 bridgehead atoms. The highest BCUT2D eigenvalue weighted by molar-refractivity contribution is 5.81. The van der Waals surface area contributed by atoms with E-state index in [9.17, 15) is 9.18 Å². The number of rotatable bonds is 4. The van der Waals surface area contributed by atoms with Gasteiger partial charge in [0.05, 0.1) is 6.04 Å². The smallest absolute Gasteiger partial charge is 0.261 e. The fraction of sp³-hybridized carbons (Fsp3) is 0.381. The number of hydrogen-bond acceptors (Lipinski definition) is 3. The van der Waals surface area contributed by atoms with Crippen LogP contribution < -0.4 is 14.8 Å². The molecule has 1 heterocycles. The van der Waals surface area contributed by atoms with Gasteiger partial charge in [-0.15, -0.1) is 0 Å². The first-order chi connectivity index (χ1) is 12.2. The van der Waals surface area contributed by atoms with Gasteiger partial charge in [0.2, 0.25) is 0 Å². The number of hydrogen-bond donors (Lipinski definition) is 1. The number of benzene rings is 2. The van der Waals surface area contributed by atoms with Gasteiger partial charge in [0.1, 0.15) is 22.9 Å². The van der Waals surface area contributed by atoms with Crippen LogP contribution in [-0.2, 0) is 4.79 Å². The third kappa shape index (κ3) is 4.15. The summed E-state index contributed by atoms with van der Waals surface area (Å²) in [7, 11) is 0. The summed E-state index contributed by atoms with van der Waals surface area (Å²) in [4.78, 5) is 12.6. The molecule has 0 fully saturated rings. The highest BCUT2D eigenvalue weighted by Crippen LogP contribution is 2.39. The number of amides is 1. The minimum atomic E-state index is -0.695. The molecule has 0 spiro atoms. The number of halogens is 1. The second kappa shape index (κ2) is 6.98. The molecule has 2 atom stereocenters. The minimum absolute atomic E-state index is 0.152. The highest BCUT2D eigenvalue weighted by Gasteiger charge is 2.35. The number of carbonyl (C=O) groups excluding carboxylic acids is 1. The minimum Gasteiger partial charge on any atom is -0.487 e. The van der Waals surface area contributed by atoms with E-state index in [0.29, 0.717) is 12.2 Å². The number of fused-ring (bicyclic) bond motifs is 1. The third-order valence-electron chi connectivity index (χ3n) is 4.43. The molecule has 1 aliphatic heterocycles. The van der Waals surface area contributed by atoms with Crippen molar-refractivity contribution >= 4 is 5.91 Å². The third-order valence-corrected chi connectivity index (χ3v) is 4.43. The fourth-order valence-corrected chi connectivity index (χ4v) is 3.16. The Morgan fingerprint density at radius 3 is 2.65 bits per heavy atom. The molecule has 2 aromatic rings. The molecule has 0 saturated heterocycles. The zero-order valence-electron chi connectivity index (χ0n) is 15.5. The Morgan fingerprint density at radius 1 is 1.27 bits per heavy atom. The van der Waals surface area contributed by atoms with Gasteiger partial charge in [-0.2, -0.15) is 0 Å². The van der Waals surface area contributed by atoms with Crippen LogP contribution in [0.25, 0.3) is 0 Å². The number of nitrogens with one attached hydrogen (secondary N) is 1. The van der Waals surface area contributed by atoms with Crippen LogP contribution >= 0.6 is 0 Å². The summed E-state index contributed by atoms with van der Waals surface area (Å²) in [6.07, 6.45) is -0.0296. The molecule has 0 aliphatic carbocycles. The van der Waals surface area contributed by atoms with Gasteiger partial charge in [-0.25, -0.2) is 4.39 Å². The Kier molecular flexibility index (Phi) is 4.90. The summed E-state index contributed by atoms with van der Waals surface area (Å²) in [5, 5.41) is 3.07. The average molecular weight is 357 g/mol. The maximum Gasteiger partial charge on any atom is 0.261 e. The van der Waals surface area contributed by atoms with E-state index in [1.165, 1.54) is 24.3 Å². The lowest BCUT2D eigenvalue weighted by Gasteiger charge is -2.38. The maximum atomic E-state index is 13.0. The van der Waals surface area contributed by atoms with E-state index in [2.05, 4.69) is 5.32 Å². The first-order valence-electron chi connectivity index (χ1n) is 8.76. The maximum absolute atomic E-state index is 13.0. The normalized spacial score (nSPS) is 19.0. The first-order valence-corrected chi connectivity index (χ1v) is 8.76. The van der Waals surface area contributed by atoms with Gasteiger partial charge in [-0.05, 0) is 58.0 Å². The Morgan fingerprint density at radius 2 is 1.96 bits per heavy atom. The largest absolute Gasteiger partial charge is 0.487 e. The van der Waals surface area contributed by atoms with E-state index in [4.69, 9.17) is 9.47 Å². The fourth-order valence-electron chi connectivity index (χ4n) is 3.16. The van der Waals surface area contributed by atoms with Crippen LogP contribution in [0.4, 0.5) is 4.39 Å². The molecule has 3 rings (SSSR count). The monoisotopic (exact) mass is 357 g/mol. The van der Waals surface area contributed by atoms with E-state index in [1.54, 1.807) is 6.92 Å². The molecule has 5 heteroatoms. The van der Waals surface area contributed by atoms with Crippen molar-refractivity contribution in [3.63, 3.8) is 0 Å². The van der Waals surface area contributed by atoms with Crippen LogP contribution in [0, 0.1) is 12.7 Å². The Bertz CT molecular complexity index is 801. The van der Waals surface area contributed by atoms with E-state index in [1.807, 2.05) is 39.0 Å². The average Bonchev–Trinajstić information content (AvgIpc) is 2.57. The standard InChI is InChI=1S/C21H24FNO3/c1-13-5-10-19-17(11-13)18(12-21(3,4)26-19)23-20(24)14(2)25-16-8-6-15(22)7-9-16/h5-11,14,18H,12H2,1-4H3,(H,23,24). The summed E-state index contributed by atoms with van der Waals surface area (Å²) in [5.74, 6) is 0.692. The zero-order valence-corrected chi connectivity index (χ0v) is 15.5. The van der Waals surface area contributed by atoms with Gasteiger partial charge in [0, 0.05) is 12.0 Å². The molecule has 1 amide bonds. The van der Waals surface area contributed by atoms with Gasteiger partial charge in [0.15, 0.2) is 6.10 Å². The summed E-state index contributed by atoms with van der Waals surface area (Å²) in [5.41, 5.74) is 1.72. The van der Waals surface area contributed by atoms with Crippen molar-refractivity contribution < 1.29 is 18.7 Å². The van der Waals surface area contributed by atoms with Crippen LogP contribution in [0.5, 0.6) is 11.5 Å². The van der Waals surface area contributed by atoms with E-state index >= 15 is 0 Å². The summed E-state index contributed by atoms with van der Waals surface area (Å²) < 4.78 is 24.7. The predicted octanol–water partition coefficient (Wildman–Crippen LogP) is 4.32. The van der Waals surface area contributed by atoms with E-state index < -0.39 is 6.10 Å². The molecule has 0 aromatic heterocycles. The number of aryl methyl sites for hydroxylation is 1. The molecular weight excluding hydrogens is 333 g/mol. The molecule has 138 valence electrons. The molecule has 1 N–H and O–H groups in total. The van der Waals surface area contributed by atoms with Crippen molar-refractivity contribution in [3.8, 4) is 11.5 Å². The van der Waals surface area contributed by atoms with Gasteiger partial charge in [0.25, 0.3) is 5.91 Å². The van der Waals surface area contributed by atoms with Gasteiger partial charge in [-0.3, -0.25) is 4.79 Å². The molecule has 0 saturated carbocycles. The quantitative estimate of drug-likeness (QED) is 0.886. The van der Waals surface area contributed by atoms with Crippen molar-refractivity contribution in [2.75, 3.05) is 0 Å². The van der Waals surface area contributed by atoms with Crippen molar-refractivity contribution in [1.29, 1.82) is 0 Å². The second-order valence-electron chi connectivity index (χ2n) is 7.38. The molecule has 4 nitrogen and oxygen atoms in total. The van der Waals surface area contributed by atoms with Crippen molar-refractivity contribution in [1.82, 2.24) is 5.32 Å². The van der Waals surface area contributed by atoms with Crippen molar-refractivity contribution in [2.24, 2.45) is 0 Å². The van der Waals surface area contributed by atoms with Crippen LogP contribution in [0.15, 0.2) is 42.5 Å². The molecule has 0 radical (unpaired) electrons. The molecular formula is C21H24FNO3.